The van der Waals surface area contributed by atoms with Crippen LogP contribution in [0.4, 0.5) is 0 Å². The van der Waals surface area contributed by atoms with Gasteiger partial charge in [-0.3, -0.25) is 0 Å². The van der Waals surface area contributed by atoms with Gasteiger partial charge in [0.05, 0.1) is 0 Å². The Bertz CT molecular complexity index is 171. The molecule has 0 heterocycles. The minimum atomic E-state index is -0.00823. The van der Waals surface area contributed by atoms with E-state index < -0.39 is 0 Å². The van der Waals surface area contributed by atoms with E-state index in [0.29, 0.717) is 0 Å². The van der Waals surface area contributed by atoms with Gasteiger partial charge in [-0.2, -0.15) is 0 Å². The number of hydrogen-bond acceptors (Lipinski definition) is 2. The van der Waals surface area contributed by atoms with Gasteiger partial charge in [0.25, 0.3) is 0 Å². The van der Waals surface area contributed by atoms with Crippen molar-refractivity contribution in [2.45, 2.75) is 33.2 Å². The van der Waals surface area contributed by atoms with E-state index in [1.165, 1.54) is 0 Å². The molecule has 0 aliphatic rings. The number of aliphatic imine (C=N–C) groups is 1. The van der Waals surface area contributed by atoms with Crippen molar-refractivity contribution < 1.29 is 17.1 Å². The number of likely N-dealkylation sites (N-methyl/N-ethyl adjacent to an activating group) is 1. The third-order valence-corrected chi connectivity index (χ3v) is 1.39. The minimum Gasteiger partial charge on any atom is -0.468 e. The Morgan fingerprint density at radius 3 is 2.14 bits per heavy atom. The van der Waals surface area contributed by atoms with Gasteiger partial charge < -0.3 is 15.2 Å². The van der Waals surface area contributed by atoms with Gasteiger partial charge in [-0.25, -0.2) is 0 Å². The van der Waals surface area contributed by atoms with E-state index in [2.05, 4.69) is 36.0 Å². The first kappa shape index (κ1) is 16.4. The Kier molecular flexibility index (Phi) is 8.51. The molecule has 0 atom stereocenters. The van der Waals surface area contributed by atoms with Crippen molar-refractivity contribution in [2.75, 3.05) is 27.2 Å². The summed E-state index contributed by atoms with van der Waals surface area (Å²) in [5, 5.41) is 4.36. The summed E-state index contributed by atoms with van der Waals surface area (Å²) in [4.78, 5) is 6.56. The van der Waals surface area contributed by atoms with Crippen LogP contribution < -0.4 is 0 Å². The van der Waals surface area contributed by atoms with Crippen LogP contribution >= 0.6 is 0 Å². The Morgan fingerprint density at radius 1 is 1.29 bits per heavy atom. The van der Waals surface area contributed by atoms with Gasteiger partial charge in [0.15, 0.2) is 0 Å². The Labute approximate surface area is 98.8 Å². The third kappa shape index (κ3) is 11.9. The van der Waals surface area contributed by atoms with Crippen molar-refractivity contribution in [2.24, 2.45) is 4.99 Å². The summed E-state index contributed by atoms with van der Waals surface area (Å²) in [5.41, 5.74) is -0.00823. The van der Waals surface area contributed by atoms with Crippen LogP contribution in [0.5, 0.6) is 0 Å². The molecule has 0 spiro atoms. The van der Waals surface area contributed by atoms with Gasteiger partial charge in [0, 0.05) is 0 Å². The van der Waals surface area contributed by atoms with Crippen LogP contribution in [0.1, 0.15) is 27.7 Å². The maximum absolute atomic E-state index is 4.44. The maximum atomic E-state index is 4.44. The van der Waals surface area contributed by atoms with Crippen LogP contribution in [0.2, 0.25) is 0 Å². The normalized spacial score (nSPS) is 12.6. The van der Waals surface area contributed by atoms with Gasteiger partial charge in [-0.1, -0.05) is 26.6 Å². The molecule has 0 rings (SSSR count). The predicted octanol–water partition coefficient (Wildman–Crippen LogP) is 2.14. The van der Waals surface area contributed by atoms with Crippen molar-refractivity contribution >= 4 is 5.84 Å². The van der Waals surface area contributed by atoms with Crippen LogP contribution in [-0.2, 0) is 17.1 Å². The molecule has 0 aromatic carbocycles. The second-order valence-electron chi connectivity index (χ2n) is 4.51. The van der Waals surface area contributed by atoms with Crippen molar-refractivity contribution in [1.29, 1.82) is 0 Å². The molecule has 0 bridgehead atoms. The number of hydrogen-bond donors (Lipinski definition) is 0. The molecule has 0 radical (unpaired) electrons. The Morgan fingerprint density at radius 2 is 1.79 bits per heavy atom. The van der Waals surface area contributed by atoms with Crippen LogP contribution in [0.25, 0.3) is 5.32 Å². The standard InChI is InChI=1S/C10H22N3.Cu/c1-9(12-10(2,3)4)11-7-8-13(5)6;/h7-8H2,1-6H3;/q-1;+1. The first-order valence-electron chi connectivity index (χ1n) is 4.70. The van der Waals surface area contributed by atoms with E-state index in [1.54, 1.807) is 0 Å². The zero-order chi connectivity index (χ0) is 10.5. The molecule has 0 saturated heterocycles. The van der Waals surface area contributed by atoms with E-state index >= 15 is 0 Å². The smallest absolute Gasteiger partial charge is 0.468 e. The zero-order valence-corrected chi connectivity index (χ0v) is 11.0. The van der Waals surface area contributed by atoms with E-state index in [0.717, 1.165) is 18.9 Å². The molecule has 0 aliphatic carbocycles. The molecule has 88 valence electrons. The van der Waals surface area contributed by atoms with Crippen LogP contribution in [0.15, 0.2) is 4.99 Å². The fraction of sp³-hybridized carbons (Fsp3) is 0.900. The number of amidine groups is 1. The molecule has 4 heteroatoms. The van der Waals surface area contributed by atoms with E-state index in [1.807, 2.05) is 21.0 Å². The Balaban J connectivity index is 0. The van der Waals surface area contributed by atoms with Gasteiger partial charge >= 0.3 is 17.1 Å². The fourth-order valence-corrected chi connectivity index (χ4v) is 0.933. The summed E-state index contributed by atoms with van der Waals surface area (Å²) in [6, 6.07) is 0. The predicted molar refractivity (Wildman–Crippen MR) is 59.6 cm³/mol. The van der Waals surface area contributed by atoms with Gasteiger partial charge in [0.2, 0.25) is 0 Å². The van der Waals surface area contributed by atoms with Crippen molar-refractivity contribution in [1.82, 2.24) is 4.90 Å². The molecule has 14 heavy (non-hydrogen) atoms. The molecular weight excluding hydrogens is 226 g/mol. The molecule has 0 aromatic rings. The first-order valence-corrected chi connectivity index (χ1v) is 4.70. The van der Waals surface area contributed by atoms with E-state index in [4.69, 9.17) is 0 Å². The summed E-state index contributed by atoms with van der Waals surface area (Å²) < 4.78 is 0. The first-order chi connectivity index (χ1) is 5.81. The van der Waals surface area contributed by atoms with Gasteiger partial charge in [-0.15, -0.1) is 0 Å². The summed E-state index contributed by atoms with van der Waals surface area (Å²) >= 11 is 0. The van der Waals surface area contributed by atoms with Crippen molar-refractivity contribution in [3.05, 3.63) is 5.32 Å². The monoisotopic (exact) mass is 247 g/mol. The quantitative estimate of drug-likeness (QED) is 0.427. The van der Waals surface area contributed by atoms with E-state index in [-0.39, 0.29) is 22.6 Å². The van der Waals surface area contributed by atoms with Crippen molar-refractivity contribution in [3.63, 3.8) is 0 Å². The van der Waals surface area contributed by atoms with Gasteiger partial charge in [0.1, 0.15) is 0 Å². The van der Waals surface area contributed by atoms with E-state index in [9.17, 15) is 0 Å². The molecule has 0 saturated carbocycles. The topological polar surface area (TPSA) is 29.7 Å². The summed E-state index contributed by atoms with van der Waals surface area (Å²) in [6.07, 6.45) is 0. The van der Waals surface area contributed by atoms with Crippen LogP contribution in [0, 0.1) is 0 Å². The average Bonchev–Trinajstić information content (AvgIpc) is 1.81. The summed E-state index contributed by atoms with van der Waals surface area (Å²) in [7, 11) is 4.09. The number of rotatable bonds is 3. The molecular formula is C10H22CuN3. The molecule has 0 aromatic heterocycles. The molecule has 0 N–H and O–H groups in total. The largest absolute Gasteiger partial charge is 1.00 e. The average molecular weight is 248 g/mol. The summed E-state index contributed by atoms with van der Waals surface area (Å²) in [6.45, 7) is 10.0. The van der Waals surface area contributed by atoms with Gasteiger partial charge in [-0.05, 0) is 39.6 Å². The maximum Gasteiger partial charge on any atom is 1.00 e. The molecule has 0 aliphatic heterocycles. The second kappa shape index (κ2) is 7.27. The molecule has 0 fully saturated rings. The minimum absolute atomic E-state index is 0. The van der Waals surface area contributed by atoms with Crippen LogP contribution in [-0.4, -0.2) is 43.5 Å². The SMILES string of the molecule is CC(=NC(C)(C)C)[N-]CCN(C)C.[Cu+]. The Hall–Kier alpha value is -0.0505. The fourth-order valence-electron chi connectivity index (χ4n) is 0.933. The van der Waals surface area contributed by atoms with Crippen molar-refractivity contribution in [3.8, 4) is 0 Å². The zero-order valence-electron chi connectivity index (χ0n) is 10.1. The number of nitrogens with zero attached hydrogens (tertiary/aromatic N) is 3. The second-order valence-corrected chi connectivity index (χ2v) is 4.51. The molecule has 0 unspecified atom stereocenters. The molecule has 0 amide bonds. The third-order valence-electron chi connectivity index (χ3n) is 1.39. The molecule has 3 nitrogen and oxygen atoms in total. The van der Waals surface area contributed by atoms with Crippen LogP contribution in [0.3, 0.4) is 0 Å². The summed E-state index contributed by atoms with van der Waals surface area (Å²) in [5.74, 6) is 0.898.